The molecule has 3 amide bonds. The van der Waals surface area contributed by atoms with E-state index >= 15 is 0 Å². The predicted octanol–water partition coefficient (Wildman–Crippen LogP) is 6.36. The summed E-state index contributed by atoms with van der Waals surface area (Å²) in [6.07, 6.45) is -0.778. The van der Waals surface area contributed by atoms with Gasteiger partial charge in [0.25, 0.3) is 5.91 Å². The van der Waals surface area contributed by atoms with Gasteiger partial charge in [0.05, 0.1) is 12.1 Å². The second-order valence-electron chi connectivity index (χ2n) is 12.9. The van der Waals surface area contributed by atoms with Crippen LogP contribution in [0.2, 0.25) is 0 Å². The molecule has 1 atom stereocenters. The van der Waals surface area contributed by atoms with Gasteiger partial charge < -0.3 is 30.3 Å². The summed E-state index contributed by atoms with van der Waals surface area (Å²) in [6.45, 7) is 5.59. The summed E-state index contributed by atoms with van der Waals surface area (Å²) in [6, 6.07) is 27.9. The van der Waals surface area contributed by atoms with Crippen LogP contribution in [0.5, 0.6) is 0 Å². The van der Waals surface area contributed by atoms with Crippen molar-refractivity contribution in [3.05, 3.63) is 119 Å². The summed E-state index contributed by atoms with van der Waals surface area (Å²) in [7, 11) is 3.57. The highest BCUT2D eigenvalue weighted by Gasteiger charge is 2.30. The summed E-state index contributed by atoms with van der Waals surface area (Å²) in [5, 5.41) is 8.36. The molecule has 4 aromatic rings. The van der Waals surface area contributed by atoms with Crippen LogP contribution in [0.15, 0.2) is 97.1 Å². The van der Waals surface area contributed by atoms with Crippen molar-refractivity contribution in [3.8, 4) is 11.1 Å². The smallest absolute Gasteiger partial charge is 0.408 e. The first-order valence-corrected chi connectivity index (χ1v) is 15.7. The topological polar surface area (TPSA) is 126 Å². The van der Waals surface area contributed by atoms with Crippen molar-refractivity contribution in [2.24, 2.45) is 0 Å². The average molecular weight is 649 g/mol. The summed E-state index contributed by atoms with van der Waals surface area (Å²) in [5.74, 6) is -1.42. The van der Waals surface area contributed by atoms with Crippen molar-refractivity contribution in [3.63, 3.8) is 0 Å². The number of nitrogens with one attached hydrogen (secondary N) is 3. The molecule has 248 valence electrons. The summed E-state index contributed by atoms with van der Waals surface area (Å²) in [5.41, 5.74) is 5.31. The Hall–Kier alpha value is -5.48. The number of rotatable bonds is 10. The molecule has 10 nitrogen and oxygen atoms in total. The number of anilines is 2. The van der Waals surface area contributed by atoms with Crippen LogP contribution in [0.1, 0.15) is 59.8 Å². The first-order chi connectivity index (χ1) is 22.9. The fourth-order valence-electron chi connectivity index (χ4n) is 5.58. The average Bonchev–Trinajstić information content (AvgIpc) is 3.35. The molecule has 3 N–H and O–H groups in total. The molecule has 48 heavy (non-hydrogen) atoms. The number of ether oxygens (including phenoxy) is 2. The number of hydrogen-bond acceptors (Lipinski definition) is 7. The molecular weight excluding hydrogens is 608 g/mol. The zero-order chi connectivity index (χ0) is 34.4. The summed E-state index contributed by atoms with van der Waals surface area (Å²) in [4.78, 5) is 53.7. The normalized spacial score (nSPS) is 12.8. The van der Waals surface area contributed by atoms with E-state index in [1.54, 1.807) is 88.3 Å². The van der Waals surface area contributed by atoms with Crippen molar-refractivity contribution in [2.45, 2.75) is 38.3 Å². The second kappa shape index (κ2) is 14.5. The second-order valence-corrected chi connectivity index (χ2v) is 12.9. The van der Waals surface area contributed by atoms with Crippen LogP contribution < -0.4 is 16.0 Å². The van der Waals surface area contributed by atoms with E-state index in [0.29, 0.717) is 22.5 Å². The molecular formula is C38H40N4O6. The largest absolute Gasteiger partial charge is 0.456 e. The SMILES string of the molecule is CN(C)CC(=O)Nc1cccc([C@H](NC(=O)OCC2c3ccccc3-c3ccccc32)C(=O)Nc2ccc(C(=O)OC(C)(C)C)cc2)c1. The molecule has 0 aromatic heterocycles. The molecule has 1 aliphatic rings. The molecule has 0 heterocycles. The maximum Gasteiger partial charge on any atom is 0.408 e. The van der Waals surface area contributed by atoms with Crippen molar-refractivity contribution in [2.75, 3.05) is 37.9 Å². The number of nitrogens with zero attached hydrogens (tertiary/aromatic N) is 1. The van der Waals surface area contributed by atoms with E-state index in [-0.39, 0.29) is 25.0 Å². The Kier molecular flexibility index (Phi) is 10.2. The highest BCUT2D eigenvalue weighted by atomic mass is 16.6. The number of carbonyl (C=O) groups is 4. The van der Waals surface area contributed by atoms with Gasteiger partial charge in [0.15, 0.2) is 0 Å². The van der Waals surface area contributed by atoms with E-state index in [0.717, 1.165) is 22.3 Å². The minimum atomic E-state index is -1.18. The fraction of sp³-hybridized carbons (Fsp3) is 0.263. The van der Waals surface area contributed by atoms with Gasteiger partial charge in [-0.05, 0) is 99.1 Å². The minimum absolute atomic E-state index is 0.0704. The Bertz CT molecular complexity index is 1770. The molecule has 10 heteroatoms. The van der Waals surface area contributed by atoms with E-state index in [9.17, 15) is 19.2 Å². The molecule has 4 aromatic carbocycles. The number of alkyl carbamates (subject to hydrolysis) is 1. The molecule has 0 saturated carbocycles. The molecule has 0 bridgehead atoms. The van der Waals surface area contributed by atoms with Crippen LogP contribution in [-0.2, 0) is 19.1 Å². The van der Waals surface area contributed by atoms with Crippen LogP contribution in [0.3, 0.4) is 0 Å². The molecule has 5 rings (SSSR count). The third-order valence-corrected chi connectivity index (χ3v) is 7.62. The predicted molar refractivity (Wildman–Crippen MR) is 185 cm³/mol. The summed E-state index contributed by atoms with van der Waals surface area (Å²) < 4.78 is 11.2. The van der Waals surface area contributed by atoms with Crippen LogP contribution in [0.25, 0.3) is 11.1 Å². The highest BCUT2D eigenvalue weighted by molar-refractivity contribution is 5.98. The van der Waals surface area contributed by atoms with Gasteiger partial charge in [0, 0.05) is 17.3 Å². The van der Waals surface area contributed by atoms with Crippen molar-refractivity contribution in [1.29, 1.82) is 0 Å². The minimum Gasteiger partial charge on any atom is -0.456 e. The van der Waals surface area contributed by atoms with E-state index in [1.807, 2.05) is 36.4 Å². The van der Waals surface area contributed by atoms with Crippen LogP contribution in [-0.4, -0.2) is 61.6 Å². The number of hydrogen-bond donors (Lipinski definition) is 3. The lowest BCUT2D eigenvalue weighted by Gasteiger charge is -2.21. The van der Waals surface area contributed by atoms with Gasteiger partial charge in [0.2, 0.25) is 5.91 Å². The Labute approximate surface area is 280 Å². The van der Waals surface area contributed by atoms with Gasteiger partial charge in [-0.3, -0.25) is 9.59 Å². The molecule has 0 aliphatic heterocycles. The summed E-state index contributed by atoms with van der Waals surface area (Å²) >= 11 is 0. The number of esters is 1. The highest BCUT2D eigenvalue weighted by Crippen LogP contribution is 2.44. The zero-order valence-corrected chi connectivity index (χ0v) is 27.7. The number of carbonyl (C=O) groups excluding carboxylic acids is 4. The van der Waals surface area contributed by atoms with Gasteiger partial charge in [-0.25, -0.2) is 9.59 Å². The van der Waals surface area contributed by atoms with Crippen LogP contribution >= 0.6 is 0 Å². The first-order valence-electron chi connectivity index (χ1n) is 15.7. The first kappa shape index (κ1) is 33.9. The number of fused-ring (bicyclic) bond motifs is 3. The third kappa shape index (κ3) is 8.45. The molecule has 0 radical (unpaired) electrons. The van der Waals surface area contributed by atoms with Crippen LogP contribution in [0.4, 0.5) is 16.2 Å². The standard InChI is InChI=1S/C38H40N4O6/c1-38(2,3)48-36(45)24-17-19-26(20-18-24)40-35(44)34(25-11-10-12-27(21-25)39-33(43)22-42(4)5)41-37(46)47-23-32-30-15-8-6-13-28(30)29-14-7-9-16-31(29)32/h6-21,32,34H,22-23H2,1-5H3,(H,39,43)(H,40,44)(H,41,46)/t34-/m0/s1. The maximum absolute atomic E-state index is 13.8. The quantitative estimate of drug-likeness (QED) is 0.171. The van der Waals surface area contributed by atoms with Crippen molar-refractivity contribution < 1.29 is 28.7 Å². The third-order valence-electron chi connectivity index (χ3n) is 7.62. The molecule has 1 aliphatic carbocycles. The maximum atomic E-state index is 13.8. The van der Waals surface area contributed by atoms with Crippen molar-refractivity contribution >= 4 is 35.3 Å². The Morgan fingerprint density at radius 2 is 1.40 bits per heavy atom. The van der Waals surface area contributed by atoms with Crippen molar-refractivity contribution in [1.82, 2.24) is 10.2 Å². The monoisotopic (exact) mass is 648 g/mol. The molecule has 0 fully saturated rings. The van der Waals surface area contributed by atoms with E-state index in [2.05, 4.69) is 28.1 Å². The van der Waals surface area contributed by atoms with Gasteiger partial charge in [-0.15, -0.1) is 0 Å². The number of amides is 3. The Morgan fingerprint density at radius 3 is 2.00 bits per heavy atom. The lowest BCUT2D eigenvalue weighted by atomic mass is 9.98. The van der Waals surface area contributed by atoms with Gasteiger partial charge in [-0.2, -0.15) is 0 Å². The number of likely N-dealkylation sites (N-methyl/N-ethyl adjacent to an activating group) is 1. The Balaban J connectivity index is 1.34. The van der Waals surface area contributed by atoms with E-state index in [1.165, 1.54) is 0 Å². The Morgan fingerprint density at radius 1 is 0.771 bits per heavy atom. The van der Waals surface area contributed by atoms with Gasteiger partial charge in [0.1, 0.15) is 18.2 Å². The lowest BCUT2D eigenvalue weighted by molar-refractivity contribution is -0.118. The fourth-order valence-corrected chi connectivity index (χ4v) is 5.58. The molecule has 0 unspecified atom stereocenters. The molecule has 0 saturated heterocycles. The lowest BCUT2D eigenvalue weighted by Crippen LogP contribution is -2.38. The van der Waals surface area contributed by atoms with E-state index in [4.69, 9.17) is 9.47 Å². The zero-order valence-electron chi connectivity index (χ0n) is 27.7. The van der Waals surface area contributed by atoms with Gasteiger partial charge in [-0.1, -0.05) is 60.7 Å². The molecule has 0 spiro atoms. The van der Waals surface area contributed by atoms with Crippen LogP contribution in [0, 0.1) is 0 Å². The number of benzene rings is 4. The van der Waals surface area contributed by atoms with Gasteiger partial charge >= 0.3 is 12.1 Å². The van der Waals surface area contributed by atoms with E-state index < -0.39 is 29.6 Å².